The Morgan fingerprint density at radius 3 is 3.36 bits per heavy atom. The van der Waals surface area contributed by atoms with Gasteiger partial charge in [-0.3, -0.25) is 4.99 Å². The molecule has 1 unspecified atom stereocenters. The Balaban J connectivity index is 2.02. The maximum atomic E-state index is 5.22. The van der Waals surface area contributed by atoms with E-state index >= 15 is 0 Å². The summed E-state index contributed by atoms with van der Waals surface area (Å²) in [7, 11) is 0. The fourth-order valence-electron chi connectivity index (χ4n) is 1.02. The summed E-state index contributed by atoms with van der Waals surface area (Å²) >= 11 is 0. The van der Waals surface area contributed by atoms with Crippen molar-refractivity contribution in [3.63, 3.8) is 0 Å². The predicted molar refractivity (Wildman–Crippen MR) is 38.9 cm³/mol. The molecule has 1 saturated heterocycles. The van der Waals surface area contributed by atoms with Gasteiger partial charge in [-0.15, -0.1) is 0 Å². The Bertz CT molecular complexity index is 195. The number of ether oxygens (including phenoxy) is 2. The standard InChI is InChI=1S/C7H9N2O2/c1-2-9-6(3-8-1)7-4-10-5-11-7/h2,7-8H,1,4-5H2. The van der Waals surface area contributed by atoms with Crippen LogP contribution >= 0.6 is 0 Å². The minimum absolute atomic E-state index is 0.0287. The van der Waals surface area contributed by atoms with Crippen LogP contribution in [-0.2, 0) is 9.47 Å². The molecule has 2 aliphatic heterocycles. The van der Waals surface area contributed by atoms with E-state index < -0.39 is 0 Å². The molecule has 0 aromatic rings. The number of aliphatic imine (C=N–C) groups is 1. The predicted octanol–water partition coefficient (Wildman–Crippen LogP) is -0.322. The molecule has 1 atom stereocenters. The van der Waals surface area contributed by atoms with Crippen molar-refractivity contribution in [2.45, 2.75) is 6.10 Å². The summed E-state index contributed by atoms with van der Waals surface area (Å²) in [5, 5.41) is 2.94. The molecule has 2 rings (SSSR count). The van der Waals surface area contributed by atoms with Gasteiger partial charge < -0.3 is 14.8 Å². The maximum Gasteiger partial charge on any atom is 0.147 e. The zero-order valence-corrected chi connectivity index (χ0v) is 6.04. The van der Waals surface area contributed by atoms with Gasteiger partial charge in [-0.1, -0.05) is 0 Å². The fourth-order valence-corrected chi connectivity index (χ4v) is 1.02. The van der Waals surface area contributed by atoms with Crippen molar-refractivity contribution < 1.29 is 9.47 Å². The van der Waals surface area contributed by atoms with Crippen molar-refractivity contribution in [2.24, 2.45) is 4.99 Å². The molecule has 0 aromatic heterocycles. The normalized spacial score (nSPS) is 29.8. The van der Waals surface area contributed by atoms with E-state index in [4.69, 9.17) is 9.47 Å². The van der Waals surface area contributed by atoms with Crippen LogP contribution in [0.2, 0.25) is 0 Å². The van der Waals surface area contributed by atoms with Crippen LogP contribution in [0.15, 0.2) is 10.7 Å². The van der Waals surface area contributed by atoms with E-state index in [1.54, 1.807) is 6.21 Å². The smallest absolute Gasteiger partial charge is 0.147 e. The topological polar surface area (TPSA) is 42.9 Å². The second-order valence-electron chi connectivity index (χ2n) is 2.35. The lowest BCUT2D eigenvalue weighted by molar-refractivity contribution is 0.0545. The molecule has 0 saturated carbocycles. The van der Waals surface area contributed by atoms with Crippen LogP contribution in [0.4, 0.5) is 0 Å². The highest BCUT2D eigenvalue weighted by Gasteiger charge is 2.21. The van der Waals surface area contributed by atoms with Gasteiger partial charge in [0.2, 0.25) is 0 Å². The molecule has 2 aliphatic rings. The lowest BCUT2D eigenvalue weighted by Gasteiger charge is -2.10. The second kappa shape index (κ2) is 3.02. The van der Waals surface area contributed by atoms with Gasteiger partial charge in [0.25, 0.3) is 0 Å². The van der Waals surface area contributed by atoms with E-state index in [2.05, 4.69) is 16.5 Å². The molecule has 59 valence electrons. The molecule has 4 nitrogen and oxygen atoms in total. The van der Waals surface area contributed by atoms with Gasteiger partial charge in [0, 0.05) is 6.21 Å². The third kappa shape index (κ3) is 1.41. The molecule has 1 radical (unpaired) electrons. The molecule has 0 amide bonds. The molecule has 4 heteroatoms. The largest absolute Gasteiger partial charge is 0.377 e. The summed E-state index contributed by atoms with van der Waals surface area (Å²) in [5.41, 5.74) is 0.800. The molecular weight excluding hydrogens is 144 g/mol. The summed E-state index contributed by atoms with van der Waals surface area (Å²) < 4.78 is 10.2. The molecular formula is C7H9N2O2. The number of hydrogen-bond acceptors (Lipinski definition) is 4. The molecule has 11 heavy (non-hydrogen) atoms. The van der Waals surface area contributed by atoms with Crippen molar-refractivity contribution in [2.75, 3.05) is 19.9 Å². The third-order valence-corrected chi connectivity index (χ3v) is 1.57. The minimum atomic E-state index is -0.0287. The number of rotatable bonds is 1. The van der Waals surface area contributed by atoms with Crippen LogP contribution in [0.3, 0.4) is 0 Å². The highest BCUT2D eigenvalue weighted by molar-refractivity contribution is 5.62. The van der Waals surface area contributed by atoms with Gasteiger partial charge in [0.05, 0.1) is 25.0 Å². The Morgan fingerprint density at radius 2 is 2.73 bits per heavy atom. The molecule has 0 aliphatic carbocycles. The summed E-state index contributed by atoms with van der Waals surface area (Å²) in [6, 6.07) is 0. The Morgan fingerprint density at radius 1 is 1.73 bits per heavy atom. The third-order valence-electron chi connectivity index (χ3n) is 1.57. The zero-order valence-electron chi connectivity index (χ0n) is 6.04. The maximum absolute atomic E-state index is 5.22. The first kappa shape index (κ1) is 6.82. The lowest BCUT2D eigenvalue weighted by atomic mass is 10.3. The summed E-state index contributed by atoms with van der Waals surface area (Å²) in [4.78, 5) is 4.12. The minimum Gasteiger partial charge on any atom is -0.377 e. The van der Waals surface area contributed by atoms with Gasteiger partial charge in [0.1, 0.15) is 12.9 Å². The van der Waals surface area contributed by atoms with Gasteiger partial charge in [-0.05, 0) is 0 Å². The van der Waals surface area contributed by atoms with Gasteiger partial charge >= 0.3 is 0 Å². The van der Waals surface area contributed by atoms with Crippen LogP contribution in [0, 0.1) is 6.20 Å². The molecule has 0 aromatic carbocycles. The average Bonchev–Trinajstić information content (AvgIpc) is 2.58. The van der Waals surface area contributed by atoms with Crippen molar-refractivity contribution in [1.82, 2.24) is 5.32 Å². The Hall–Kier alpha value is -0.870. The highest BCUT2D eigenvalue weighted by Crippen LogP contribution is 2.13. The van der Waals surface area contributed by atoms with Crippen LogP contribution in [0.25, 0.3) is 0 Å². The molecule has 0 spiro atoms. The van der Waals surface area contributed by atoms with Crippen molar-refractivity contribution in [3.8, 4) is 0 Å². The summed E-state index contributed by atoms with van der Waals surface area (Å²) in [5.74, 6) is 0. The van der Waals surface area contributed by atoms with Gasteiger partial charge in [0.15, 0.2) is 0 Å². The number of nitrogens with zero attached hydrogens (tertiary/aromatic N) is 1. The van der Waals surface area contributed by atoms with Crippen molar-refractivity contribution in [1.29, 1.82) is 0 Å². The van der Waals surface area contributed by atoms with Crippen LogP contribution < -0.4 is 5.32 Å². The van der Waals surface area contributed by atoms with Gasteiger partial charge in [-0.25, -0.2) is 0 Å². The zero-order chi connectivity index (χ0) is 7.52. The SMILES string of the molecule is [C]1=C(C2COCO2)N=CCN1. The first-order valence-electron chi connectivity index (χ1n) is 3.54. The Kier molecular flexibility index (Phi) is 1.87. The molecule has 1 fully saturated rings. The second-order valence-corrected chi connectivity index (χ2v) is 2.35. The average molecular weight is 153 g/mol. The fraction of sp³-hybridized carbons (Fsp3) is 0.571. The Labute approximate surface area is 64.9 Å². The van der Waals surface area contributed by atoms with E-state index in [-0.39, 0.29) is 6.10 Å². The summed E-state index contributed by atoms with van der Waals surface area (Å²) in [6.07, 6.45) is 4.70. The van der Waals surface area contributed by atoms with Gasteiger partial charge in [-0.2, -0.15) is 0 Å². The van der Waals surface area contributed by atoms with E-state index in [1.165, 1.54) is 0 Å². The summed E-state index contributed by atoms with van der Waals surface area (Å²) in [6.45, 7) is 1.70. The lowest BCUT2D eigenvalue weighted by Crippen LogP contribution is -2.21. The van der Waals surface area contributed by atoms with E-state index in [1.807, 2.05) is 0 Å². The van der Waals surface area contributed by atoms with Crippen LogP contribution in [-0.4, -0.2) is 32.3 Å². The number of nitrogens with one attached hydrogen (secondary N) is 1. The monoisotopic (exact) mass is 153 g/mol. The quantitative estimate of drug-likeness (QED) is 0.561. The molecule has 1 N–H and O–H groups in total. The van der Waals surface area contributed by atoms with Crippen molar-refractivity contribution in [3.05, 3.63) is 11.9 Å². The number of hydrogen-bond donors (Lipinski definition) is 1. The molecule has 2 heterocycles. The highest BCUT2D eigenvalue weighted by atomic mass is 16.7. The first-order chi connectivity index (χ1) is 5.47. The van der Waals surface area contributed by atoms with E-state index in [0.29, 0.717) is 13.4 Å². The van der Waals surface area contributed by atoms with Crippen LogP contribution in [0.1, 0.15) is 0 Å². The van der Waals surface area contributed by atoms with Crippen molar-refractivity contribution >= 4 is 6.21 Å². The van der Waals surface area contributed by atoms with Crippen LogP contribution in [0.5, 0.6) is 0 Å². The molecule has 0 bridgehead atoms. The first-order valence-corrected chi connectivity index (χ1v) is 3.54. The van der Waals surface area contributed by atoms with E-state index in [9.17, 15) is 0 Å². The van der Waals surface area contributed by atoms with E-state index in [0.717, 1.165) is 12.2 Å².